The largest absolute Gasteiger partial charge is 0.481 e. The molecule has 0 aromatic rings. The number of nitrogens with one attached hydrogen (secondary N) is 1. The molecule has 2 rings (SSSR count). The van der Waals surface area contributed by atoms with Gasteiger partial charge in [-0.2, -0.15) is 0 Å². The van der Waals surface area contributed by atoms with E-state index in [1.807, 2.05) is 19.1 Å². The number of allylic oxidation sites excluding steroid dienone is 2. The average Bonchev–Trinajstić information content (AvgIpc) is 2.84. The Labute approximate surface area is 94.7 Å². The SMILES string of the molecule is CCCNC(=O)C1C2C=CC(C2)C1C(=O)O. The van der Waals surface area contributed by atoms with Crippen molar-refractivity contribution in [2.45, 2.75) is 19.8 Å². The van der Waals surface area contributed by atoms with E-state index in [1.165, 1.54) is 0 Å². The Kier molecular flexibility index (Phi) is 2.99. The molecule has 4 unspecified atom stereocenters. The van der Waals surface area contributed by atoms with Crippen LogP contribution in [0.5, 0.6) is 0 Å². The van der Waals surface area contributed by atoms with Crippen LogP contribution in [0.15, 0.2) is 12.2 Å². The first-order valence-electron chi connectivity index (χ1n) is 5.84. The quantitative estimate of drug-likeness (QED) is 0.700. The molecule has 1 amide bonds. The van der Waals surface area contributed by atoms with Gasteiger partial charge in [0, 0.05) is 6.54 Å². The minimum Gasteiger partial charge on any atom is -0.481 e. The van der Waals surface area contributed by atoms with Crippen LogP contribution in [0.1, 0.15) is 19.8 Å². The summed E-state index contributed by atoms with van der Waals surface area (Å²) in [6.07, 6.45) is 5.65. The molecule has 2 aliphatic rings. The fourth-order valence-corrected chi connectivity index (χ4v) is 2.88. The first kappa shape index (κ1) is 11.2. The number of carbonyl (C=O) groups excluding carboxylic acids is 1. The van der Waals surface area contributed by atoms with Gasteiger partial charge < -0.3 is 10.4 Å². The van der Waals surface area contributed by atoms with Gasteiger partial charge in [0.1, 0.15) is 0 Å². The second-order valence-electron chi connectivity index (χ2n) is 4.63. The molecule has 4 atom stereocenters. The summed E-state index contributed by atoms with van der Waals surface area (Å²) < 4.78 is 0. The smallest absolute Gasteiger partial charge is 0.307 e. The second kappa shape index (κ2) is 4.28. The number of fused-ring (bicyclic) bond motifs is 2. The van der Waals surface area contributed by atoms with Crippen LogP contribution in [0.25, 0.3) is 0 Å². The van der Waals surface area contributed by atoms with Crippen LogP contribution in [-0.4, -0.2) is 23.5 Å². The van der Waals surface area contributed by atoms with Gasteiger partial charge in [0.25, 0.3) is 0 Å². The molecule has 4 nitrogen and oxygen atoms in total. The molecule has 2 N–H and O–H groups in total. The van der Waals surface area contributed by atoms with Crippen molar-refractivity contribution in [1.29, 1.82) is 0 Å². The fourth-order valence-electron chi connectivity index (χ4n) is 2.88. The summed E-state index contributed by atoms with van der Waals surface area (Å²) in [6, 6.07) is 0. The Bertz CT molecular complexity index is 337. The number of amides is 1. The summed E-state index contributed by atoms with van der Waals surface area (Å²) in [4.78, 5) is 23.1. The van der Waals surface area contributed by atoms with Gasteiger partial charge in [-0.1, -0.05) is 19.1 Å². The summed E-state index contributed by atoms with van der Waals surface area (Å²) in [5.41, 5.74) is 0. The van der Waals surface area contributed by atoms with Gasteiger partial charge in [0.2, 0.25) is 5.91 Å². The highest BCUT2D eigenvalue weighted by Gasteiger charge is 2.51. The first-order chi connectivity index (χ1) is 7.65. The van der Waals surface area contributed by atoms with Crippen LogP contribution < -0.4 is 5.32 Å². The molecule has 2 aliphatic carbocycles. The van der Waals surface area contributed by atoms with Crippen LogP contribution in [-0.2, 0) is 9.59 Å². The molecule has 1 fully saturated rings. The predicted octanol–water partition coefficient (Wildman–Crippen LogP) is 1.04. The number of carbonyl (C=O) groups is 2. The van der Waals surface area contributed by atoms with E-state index in [2.05, 4.69) is 5.32 Å². The molecular formula is C12H17NO3. The molecule has 1 saturated carbocycles. The van der Waals surface area contributed by atoms with Crippen molar-refractivity contribution in [1.82, 2.24) is 5.32 Å². The highest BCUT2D eigenvalue weighted by Crippen LogP contribution is 2.48. The third kappa shape index (κ3) is 1.72. The Hall–Kier alpha value is -1.32. The third-order valence-electron chi connectivity index (χ3n) is 3.60. The summed E-state index contributed by atoms with van der Waals surface area (Å²) in [7, 11) is 0. The Morgan fingerprint density at radius 2 is 1.94 bits per heavy atom. The summed E-state index contributed by atoms with van der Waals surface area (Å²) >= 11 is 0. The Morgan fingerprint density at radius 3 is 2.50 bits per heavy atom. The van der Waals surface area contributed by atoms with Gasteiger partial charge in [0.15, 0.2) is 0 Å². The van der Waals surface area contributed by atoms with Gasteiger partial charge in [-0.3, -0.25) is 9.59 Å². The van der Waals surface area contributed by atoms with Crippen LogP contribution in [0, 0.1) is 23.7 Å². The van der Waals surface area contributed by atoms with Crippen LogP contribution in [0.2, 0.25) is 0 Å². The zero-order valence-corrected chi connectivity index (χ0v) is 9.35. The van der Waals surface area contributed by atoms with Crippen molar-refractivity contribution < 1.29 is 14.7 Å². The minimum atomic E-state index is -0.839. The lowest BCUT2D eigenvalue weighted by atomic mass is 9.82. The van der Waals surface area contributed by atoms with Crippen molar-refractivity contribution >= 4 is 11.9 Å². The van der Waals surface area contributed by atoms with Crippen molar-refractivity contribution in [3.8, 4) is 0 Å². The first-order valence-corrected chi connectivity index (χ1v) is 5.84. The standard InChI is InChI=1S/C12H17NO3/c1-2-5-13-11(14)9-7-3-4-8(6-7)10(9)12(15)16/h3-4,7-10H,2,5-6H2,1H3,(H,13,14)(H,15,16). The van der Waals surface area contributed by atoms with Gasteiger partial charge >= 0.3 is 5.97 Å². The van der Waals surface area contributed by atoms with Gasteiger partial charge in [-0.25, -0.2) is 0 Å². The molecule has 0 aliphatic heterocycles. The van der Waals surface area contributed by atoms with Crippen molar-refractivity contribution in [3.05, 3.63) is 12.2 Å². The monoisotopic (exact) mass is 223 g/mol. The maximum Gasteiger partial charge on any atom is 0.307 e. The highest BCUT2D eigenvalue weighted by atomic mass is 16.4. The molecule has 0 heterocycles. The molecular weight excluding hydrogens is 206 g/mol. The van der Waals surface area contributed by atoms with Crippen molar-refractivity contribution in [2.75, 3.05) is 6.54 Å². The zero-order chi connectivity index (χ0) is 11.7. The van der Waals surface area contributed by atoms with Gasteiger partial charge in [-0.15, -0.1) is 0 Å². The lowest BCUT2D eigenvalue weighted by molar-refractivity contribution is -0.147. The molecule has 88 valence electrons. The van der Waals surface area contributed by atoms with E-state index < -0.39 is 11.9 Å². The number of carboxylic acids is 1. The van der Waals surface area contributed by atoms with E-state index in [9.17, 15) is 9.59 Å². The van der Waals surface area contributed by atoms with E-state index in [-0.39, 0.29) is 23.7 Å². The average molecular weight is 223 g/mol. The number of aliphatic carboxylic acids is 1. The number of hydrogen-bond acceptors (Lipinski definition) is 2. The van der Waals surface area contributed by atoms with E-state index in [4.69, 9.17) is 5.11 Å². The molecule has 0 aromatic carbocycles. The molecule has 0 spiro atoms. The number of rotatable bonds is 4. The number of hydrogen-bond donors (Lipinski definition) is 2. The summed E-state index contributed by atoms with van der Waals surface area (Å²) in [5.74, 6) is -1.63. The molecule has 16 heavy (non-hydrogen) atoms. The van der Waals surface area contributed by atoms with Crippen LogP contribution in [0.3, 0.4) is 0 Å². The molecule has 2 bridgehead atoms. The van der Waals surface area contributed by atoms with Crippen molar-refractivity contribution in [3.63, 3.8) is 0 Å². The van der Waals surface area contributed by atoms with E-state index >= 15 is 0 Å². The topological polar surface area (TPSA) is 66.4 Å². The number of carboxylic acid groups (broad SMARTS) is 1. The van der Waals surface area contributed by atoms with Crippen molar-refractivity contribution in [2.24, 2.45) is 23.7 Å². The van der Waals surface area contributed by atoms with Gasteiger partial charge in [-0.05, 0) is 24.7 Å². The lowest BCUT2D eigenvalue weighted by Gasteiger charge is -2.23. The normalized spacial score (nSPS) is 35.3. The van der Waals surface area contributed by atoms with E-state index in [1.54, 1.807) is 0 Å². The summed E-state index contributed by atoms with van der Waals surface area (Å²) in [5, 5.41) is 12.0. The Morgan fingerprint density at radius 1 is 1.31 bits per heavy atom. The molecule has 0 aromatic heterocycles. The highest BCUT2D eigenvalue weighted by molar-refractivity contribution is 5.86. The molecule has 4 heteroatoms. The minimum absolute atomic E-state index is 0.0554. The lowest BCUT2D eigenvalue weighted by Crippen LogP contribution is -2.40. The molecule has 0 radical (unpaired) electrons. The fraction of sp³-hybridized carbons (Fsp3) is 0.667. The van der Waals surface area contributed by atoms with Crippen LogP contribution in [0.4, 0.5) is 0 Å². The Balaban J connectivity index is 2.10. The van der Waals surface area contributed by atoms with Crippen LogP contribution >= 0.6 is 0 Å². The maximum atomic E-state index is 11.9. The third-order valence-corrected chi connectivity index (χ3v) is 3.60. The van der Waals surface area contributed by atoms with E-state index in [0.717, 1.165) is 12.8 Å². The zero-order valence-electron chi connectivity index (χ0n) is 9.35. The second-order valence-corrected chi connectivity index (χ2v) is 4.63. The summed E-state index contributed by atoms with van der Waals surface area (Å²) in [6.45, 7) is 2.61. The van der Waals surface area contributed by atoms with Gasteiger partial charge in [0.05, 0.1) is 11.8 Å². The molecule has 0 saturated heterocycles. The van der Waals surface area contributed by atoms with E-state index in [0.29, 0.717) is 6.54 Å². The predicted molar refractivity (Wildman–Crippen MR) is 58.7 cm³/mol. The maximum absolute atomic E-state index is 11.9.